The van der Waals surface area contributed by atoms with E-state index in [2.05, 4.69) is 13.8 Å². The normalized spacial score (nSPS) is 11.4. The summed E-state index contributed by atoms with van der Waals surface area (Å²) in [6.07, 6.45) is 10.2. The van der Waals surface area contributed by atoms with Crippen molar-refractivity contribution in [1.29, 1.82) is 0 Å². The first-order valence-corrected chi connectivity index (χ1v) is 10.6. The van der Waals surface area contributed by atoms with Gasteiger partial charge < -0.3 is 0 Å². The lowest BCUT2D eigenvalue weighted by Gasteiger charge is -2.11. The van der Waals surface area contributed by atoms with Crippen molar-refractivity contribution in [2.75, 3.05) is 0 Å². The quantitative estimate of drug-likeness (QED) is 0.375. The predicted octanol–water partition coefficient (Wildman–Crippen LogP) is 7.09. The van der Waals surface area contributed by atoms with Gasteiger partial charge in [0.2, 0.25) is 0 Å². The number of aryl methyl sites for hydroxylation is 3. The van der Waals surface area contributed by atoms with Crippen molar-refractivity contribution in [1.82, 2.24) is 14.6 Å². The minimum atomic E-state index is 0.632. The van der Waals surface area contributed by atoms with Crippen LogP contribution in [0.25, 0.3) is 16.9 Å². The van der Waals surface area contributed by atoms with Crippen molar-refractivity contribution in [2.45, 2.75) is 65.7 Å². The molecule has 3 nitrogen and oxygen atoms in total. The Morgan fingerprint density at radius 1 is 1.04 bits per heavy atom. The van der Waals surface area contributed by atoms with Crippen LogP contribution in [0.2, 0.25) is 10.0 Å². The molecule has 2 heterocycles. The Morgan fingerprint density at radius 3 is 2.52 bits per heavy atom. The average Bonchev–Trinajstić information content (AvgIpc) is 3.00. The largest absolute Gasteiger partial charge is 0.236 e. The van der Waals surface area contributed by atoms with Crippen molar-refractivity contribution in [3.63, 3.8) is 0 Å². The molecule has 3 rings (SSSR count). The minimum Gasteiger partial charge on any atom is -0.236 e. The maximum absolute atomic E-state index is 6.50. The van der Waals surface area contributed by atoms with Crippen molar-refractivity contribution in [3.05, 3.63) is 51.3 Å². The van der Waals surface area contributed by atoms with Crippen molar-refractivity contribution in [3.8, 4) is 11.3 Å². The van der Waals surface area contributed by atoms with Crippen molar-refractivity contribution >= 4 is 28.8 Å². The van der Waals surface area contributed by atoms with Gasteiger partial charge in [-0.3, -0.25) is 0 Å². The van der Waals surface area contributed by atoms with Crippen LogP contribution < -0.4 is 0 Å². The number of aromatic nitrogens is 3. The second kappa shape index (κ2) is 9.07. The van der Waals surface area contributed by atoms with E-state index in [0.29, 0.717) is 10.0 Å². The molecule has 5 heteroatoms. The third kappa shape index (κ3) is 4.30. The molecule has 0 fully saturated rings. The maximum atomic E-state index is 6.50. The van der Waals surface area contributed by atoms with Crippen LogP contribution in [0.5, 0.6) is 0 Å². The number of hydrogen-bond donors (Lipinski definition) is 0. The lowest BCUT2D eigenvalue weighted by molar-refractivity contribution is 0.631. The molecule has 0 spiro atoms. The zero-order valence-corrected chi connectivity index (χ0v) is 17.9. The minimum absolute atomic E-state index is 0.632. The van der Waals surface area contributed by atoms with Gasteiger partial charge in [-0.15, -0.1) is 0 Å². The molecular formula is C22H27Cl2N3. The standard InChI is InChI=1S/C22H27Cl2N3/c1-4-6-7-8-9-10-18-20(5-2)26-27-21(15(3)14-25-22(18)27)17-12-11-16(23)13-19(17)24/h11-14H,4-10H2,1-3H3. The summed E-state index contributed by atoms with van der Waals surface area (Å²) in [6.45, 7) is 6.45. The summed E-state index contributed by atoms with van der Waals surface area (Å²) in [4.78, 5) is 4.73. The van der Waals surface area contributed by atoms with Crippen LogP contribution in [0.15, 0.2) is 24.4 Å². The van der Waals surface area contributed by atoms with Gasteiger partial charge in [0.25, 0.3) is 0 Å². The molecule has 27 heavy (non-hydrogen) atoms. The van der Waals surface area contributed by atoms with Crippen LogP contribution in [0.3, 0.4) is 0 Å². The molecule has 1 aromatic carbocycles. The van der Waals surface area contributed by atoms with Gasteiger partial charge in [-0.25, -0.2) is 9.50 Å². The summed E-state index contributed by atoms with van der Waals surface area (Å²) in [5.41, 5.74) is 6.34. The summed E-state index contributed by atoms with van der Waals surface area (Å²) in [6, 6.07) is 5.61. The molecule has 3 aromatic rings. The molecule has 0 aliphatic carbocycles. The smallest absolute Gasteiger partial charge is 0.159 e. The van der Waals surface area contributed by atoms with Crippen LogP contribution >= 0.6 is 23.2 Å². The fourth-order valence-electron chi connectivity index (χ4n) is 3.61. The zero-order valence-electron chi connectivity index (χ0n) is 16.4. The number of fused-ring (bicyclic) bond motifs is 1. The highest BCUT2D eigenvalue weighted by Crippen LogP contribution is 2.33. The highest BCUT2D eigenvalue weighted by Gasteiger charge is 2.18. The van der Waals surface area contributed by atoms with Gasteiger partial charge in [0.15, 0.2) is 5.65 Å². The van der Waals surface area contributed by atoms with Crippen LogP contribution in [-0.4, -0.2) is 14.6 Å². The second-order valence-corrected chi connectivity index (χ2v) is 7.94. The predicted molar refractivity (Wildman–Crippen MR) is 115 cm³/mol. The molecule has 0 N–H and O–H groups in total. The maximum Gasteiger partial charge on any atom is 0.159 e. The summed E-state index contributed by atoms with van der Waals surface area (Å²) in [5.74, 6) is 0. The zero-order chi connectivity index (χ0) is 19.4. The molecular weight excluding hydrogens is 377 g/mol. The van der Waals surface area contributed by atoms with Gasteiger partial charge >= 0.3 is 0 Å². The van der Waals surface area contributed by atoms with E-state index >= 15 is 0 Å². The highest BCUT2D eigenvalue weighted by atomic mass is 35.5. The molecule has 0 amide bonds. The topological polar surface area (TPSA) is 30.2 Å². The third-order valence-corrected chi connectivity index (χ3v) is 5.60. The Kier molecular flexibility index (Phi) is 6.78. The Morgan fingerprint density at radius 2 is 1.81 bits per heavy atom. The van der Waals surface area contributed by atoms with Gasteiger partial charge in [0, 0.05) is 22.3 Å². The van der Waals surface area contributed by atoms with Crippen LogP contribution in [0, 0.1) is 6.92 Å². The summed E-state index contributed by atoms with van der Waals surface area (Å²) >= 11 is 12.6. The number of hydrogen-bond acceptors (Lipinski definition) is 2. The van der Waals surface area contributed by atoms with Crippen molar-refractivity contribution < 1.29 is 0 Å². The molecule has 0 aliphatic heterocycles. The van der Waals surface area contributed by atoms with E-state index < -0.39 is 0 Å². The lowest BCUT2D eigenvalue weighted by atomic mass is 10.0. The summed E-state index contributed by atoms with van der Waals surface area (Å²) < 4.78 is 1.98. The number of benzene rings is 1. The fraction of sp³-hybridized carbons (Fsp3) is 0.455. The molecule has 0 saturated carbocycles. The van der Waals surface area contributed by atoms with Gasteiger partial charge in [0.05, 0.1) is 16.4 Å². The highest BCUT2D eigenvalue weighted by molar-refractivity contribution is 6.36. The van der Waals surface area contributed by atoms with E-state index in [9.17, 15) is 0 Å². The second-order valence-electron chi connectivity index (χ2n) is 7.09. The van der Waals surface area contributed by atoms with Crippen molar-refractivity contribution in [2.24, 2.45) is 0 Å². The number of unbranched alkanes of at least 4 members (excludes halogenated alkanes) is 4. The van der Waals surface area contributed by atoms with E-state index in [4.69, 9.17) is 33.3 Å². The van der Waals surface area contributed by atoms with E-state index in [-0.39, 0.29) is 0 Å². The average molecular weight is 404 g/mol. The first-order valence-electron chi connectivity index (χ1n) is 9.88. The molecule has 0 unspecified atom stereocenters. The molecule has 0 saturated heterocycles. The Bertz CT molecular complexity index is 931. The number of halogens is 2. The SMILES string of the molecule is CCCCCCCc1c(CC)nn2c(-c3ccc(Cl)cc3Cl)c(C)cnc12. The third-order valence-electron chi connectivity index (χ3n) is 5.06. The summed E-state index contributed by atoms with van der Waals surface area (Å²) in [5, 5.41) is 6.18. The molecule has 0 atom stereocenters. The van der Waals surface area contributed by atoms with Gasteiger partial charge in [-0.1, -0.05) is 62.7 Å². The number of rotatable bonds is 8. The first kappa shape index (κ1) is 20.2. The molecule has 0 radical (unpaired) electrons. The Balaban J connectivity index is 2.04. The fourth-order valence-corrected chi connectivity index (χ4v) is 4.11. The van der Waals surface area contributed by atoms with E-state index in [0.717, 1.165) is 41.0 Å². The van der Waals surface area contributed by atoms with E-state index in [1.807, 2.05) is 29.8 Å². The van der Waals surface area contributed by atoms with Crippen LogP contribution in [0.1, 0.15) is 62.8 Å². The van der Waals surface area contributed by atoms with Crippen LogP contribution in [0.4, 0.5) is 0 Å². The van der Waals surface area contributed by atoms with Gasteiger partial charge in [0.1, 0.15) is 0 Å². The summed E-state index contributed by atoms with van der Waals surface area (Å²) in [7, 11) is 0. The van der Waals surface area contributed by atoms with E-state index in [1.165, 1.54) is 37.7 Å². The van der Waals surface area contributed by atoms with Gasteiger partial charge in [-0.05, 0) is 49.9 Å². The monoisotopic (exact) mass is 403 g/mol. The number of nitrogens with zero attached hydrogens (tertiary/aromatic N) is 3. The molecule has 0 bridgehead atoms. The first-order chi connectivity index (χ1) is 13.1. The molecule has 144 valence electrons. The molecule has 2 aromatic heterocycles. The van der Waals surface area contributed by atoms with Gasteiger partial charge in [-0.2, -0.15) is 5.10 Å². The van der Waals surface area contributed by atoms with E-state index in [1.54, 1.807) is 6.07 Å². The Labute approximate surface area is 171 Å². The molecule has 0 aliphatic rings. The van der Waals surface area contributed by atoms with Crippen LogP contribution in [-0.2, 0) is 12.8 Å². The lowest BCUT2D eigenvalue weighted by Crippen LogP contribution is -2.00. The Hall–Kier alpha value is -1.58.